The van der Waals surface area contributed by atoms with E-state index in [0.717, 1.165) is 15.6 Å². The van der Waals surface area contributed by atoms with Crippen molar-refractivity contribution in [3.63, 3.8) is 0 Å². The molecule has 0 amide bonds. The number of carbonyl (C=O) groups excluding carboxylic acids is 1. The third-order valence-electron chi connectivity index (χ3n) is 3.74. The number of rotatable bonds is 6. The number of carbonyl (C=O) groups is 1. The largest absolute Gasteiger partial charge is 0.481 e. The molecule has 0 saturated carbocycles. The number of halogens is 1. The Balaban J connectivity index is 1.35. The van der Waals surface area contributed by atoms with Crippen LogP contribution < -0.4 is 4.74 Å². The van der Waals surface area contributed by atoms with Gasteiger partial charge in [-0.15, -0.1) is 11.3 Å². The monoisotopic (exact) mass is 400 g/mol. The molecule has 0 saturated heterocycles. The van der Waals surface area contributed by atoms with E-state index in [-0.39, 0.29) is 19.1 Å². The van der Waals surface area contributed by atoms with Gasteiger partial charge >= 0.3 is 5.97 Å². The van der Waals surface area contributed by atoms with Crippen LogP contribution in [0.25, 0.3) is 21.5 Å². The minimum absolute atomic E-state index is 0.109. The molecule has 136 valence electrons. The van der Waals surface area contributed by atoms with Gasteiger partial charge in [-0.1, -0.05) is 47.1 Å². The molecule has 4 rings (SSSR count). The Morgan fingerprint density at radius 1 is 1.11 bits per heavy atom. The Morgan fingerprint density at radius 3 is 2.78 bits per heavy atom. The molecule has 0 N–H and O–H groups in total. The predicted octanol–water partition coefficient (Wildman–Crippen LogP) is 4.73. The lowest BCUT2D eigenvalue weighted by Gasteiger charge is -2.09. The summed E-state index contributed by atoms with van der Waals surface area (Å²) in [7, 11) is 0. The van der Waals surface area contributed by atoms with Crippen molar-refractivity contribution in [3.8, 4) is 16.5 Å². The predicted molar refractivity (Wildman–Crippen MR) is 102 cm³/mol. The standard InChI is InChI=1S/C19H13ClN2O4S/c20-14-7-8-15(13-5-2-1-4-12(13)14)24-11-18(23)25-10-17-21-19(22-26-17)16-6-3-9-27-16/h1-9H,10-11H2. The average molecular weight is 401 g/mol. The molecule has 0 radical (unpaired) electrons. The lowest BCUT2D eigenvalue weighted by Crippen LogP contribution is -2.15. The molecule has 0 spiro atoms. The molecule has 6 nitrogen and oxygen atoms in total. The first-order valence-electron chi connectivity index (χ1n) is 8.03. The summed E-state index contributed by atoms with van der Waals surface area (Å²) in [6.07, 6.45) is 0. The molecule has 0 aliphatic rings. The van der Waals surface area contributed by atoms with E-state index in [2.05, 4.69) is 10.1 Å². The van der Waals surface area contributed by atoms with Crippen molar-refractivity contribution in [3.05, 3.63) is 64.8 Å². The Labute approximate surface area is 163 Å². The minimum atomic E-state index is -0.537. The van der Waals surface area contributed by atoms with E-state index in [1.54, 1.807) is 12.1 Å². The average Bonchev–Trinajstić information content (AvgIpc) is 3.38. The molecule has 2 heterocycles. The maximum absolute atomic E-state index is 12.0. The fraction of sp³-hybridized carbons (Fsp3) is 0.105. The lowest BCUT2D eigenvalue weighted by atomic mass is 10.1. The van der Waals surface area contributed by atoms with Gasteiger partial charge in [-0.25, -0.2) is 4.79 Å². The number of benzene rings is 2. The molecule has 0 unspecified atom stereocenters. The molecule has 0 fully saturated rings. The number of esters is 1. The summed E-state index contributed by atoms with van der Waals surface area (Å²) in [4.78, 5) is 17.0. The van der Waals surface area contributed by atoms with E-state index < -0.39 is 5.97 Å². The highest BCUT2D eigenvalue weighted by molar-refractivity contribution is 7.13. The molecule has 2 aromatic carbocycles. The maximum atomic E-state index is 12.0. The first-order chi connectivity index (χ1) is 13.2. The van der Waals surface area contributed by atoms with Gasteiger partial charge in [0.15, 0.2) is 13.2 Å². The molecule has 0 aliphatic heterocycles. The van der Waals surface area contributed by atoms with Crippen LogP contribution in [0.5, 0.6) is 5.75 Å². The van der Waals surface area contributed by atoms with Crippen molar-refractivity contribution >= 4 is 39.7 Å². The Kier molecular flexibility index (Phi) is 5.04. The summed E-state index contributed by atoms with van der Waals surface area (Å²) in [6.45, 7) is -0.348. The number of aromatic nitrogens is 2. The van der Waals surface area contributed by atoms with Gasteiger partial charge in [-0.2, -0.15) is 4.98 Å². The van der Waals surface area contributed by atoms with Gasteiger partial charge in [0.2, 0.25) is 5.82 Å². The number of thiophene rings is 1. The summed E-state index contributed by atoms with van der Waals surface area (Å²) >= 11 is 7.68. The Bertz CT molecular complexity index is 1080. The first-order valence-corrected chi connectivity index (χ1v) is 9.28. The van der Waals surface area contributed by atoms with E-state index in [1.807, 2.05) is 41.8 Å². The van der Waals surface area contributed by atoms with Gasteiger partial charge in [0.25, 0.3) is 5.89 Å². The minimum Gasteiger partial charge on any atom is -0.481 e. The van der Waals surface area contributed by atoms with Crippen molar-refractivity contribution in [1.82, 2.24) is 10.1 Å². The fourth-order valence-corrected chi connectivity index (χ4v) is 3.38. The molecular weight excluding hydrogens is 388 g/mol. The fourth-order valence-electron chi connectivity index (χ4n) is 2.50. The van der Waals surface area contributed by atoms with Gasteiger partial charge in [0.05, 0.1) is 4.88 Å². The topological polar surface area (TPSA) is 74.5 Å². The molecule has 0 bridgehead atoms. The van der Waals surface area contributed by atoms with E-state index in [0.29, 0.717) is 16.6 Å². The number of nitrogens with zero attached hydrogens (tertiary/aromatic N) is 2. The maximum Gasteiger partial charge on any atom is 0.344 e. The highest BCUT2D eigenvalue weighted by Gasteiger charge is 2.13. The van der Waals surface area contributed by atoms with E-state index >= 15 is 0 Å². The normalized spacial score (nSPS) is 10.9. The third kappa shape index (κ3) is 3.94. The van der Waals surface area contributed by atoms with Gasteiger partial charge in [0.1, 0.15) is 5.75 Å². The number of fused-ring (bicyclic) bond motifs is 1. The van der Waals surface area contributed by atoms with Crippen molar-refractivity contribution in [1.29, 1.82) is 0 Å². The molecule has 0 atom stereocenters. The van der Waals surface area contributed by atoms with Crippen molar-refractivity contribution in [2.45, 2.75) is 6.61 Å². The molecular formula is C19H13ClN2O4S. The first kappa shape index (κ1) is 17.5. The van der Waals surface area contributed by atoms with Gasteiger partial charge < -0.3 is 14.0 Å². The van der Waals surface area contributed by atoms with Crippen molar-refractivity contribution < 1.29 is 18.8 Å². The Morgan fingerprint density at radius 2 is 1.96 bits per heavy atom. The molecule has 8 heteroatoms. The number of hydrogen-bond acceptors (Lipinski definition) is 7. The van der Waals surface area contributed by atoms with Crippen LogP contribution in [0.15, 0.2) is 58.4 Å². The summed E-state index contributed by atoms with van der Waals surface area (Å²) in [5.74, 6) is 0.721. The summed E-state index contributed by atoms with van der Waals surface area (Å²) in [5, 5.41) is 8.09. The smallest absolute Gasteiger partial charge is 0.344 e. The van der Waals surface area contributed by atoms with E-state index in [1.165, 1.54) is 11.3 Å². The van der Waals surface area contributed by atoms with Crippen molar-refractivity contribution in [2.24, 2.45) is 0 Å². The van der Waals surface area contributed by atoms with E-state index in [4.69, 9.17) is 25.6 Å². The zero-order valence-corrected chi connectivity index (χ0v) is 15.5. The SMILES string of the molecule is O=C(COc1ccc(Cl)c2ccccc12)OCc1nc(-c2cccs2)no1. The van der Waals surface area contributed by atoms with Gasteiger partial charge in [-0.05, 0) is 23.6 Å². The van der Waals surface area contributed by atoms with Crippen LogP contribution in [-0.2, 0) is 16.1 Å². The van der Waals surface area contributed by atoms with Crippen molar-refractivity contribution in [2.75, 3.05) is 6.61 Å². The summed E-state index contributed by atoms with van der Waals surface area (Å²) in [6, 6.07) is 14.8. The summed E-state index contributed by atoms with van der Waals surface area (Å²) in [5.41, 5.74) is 0. The van der Waals surface area contributed by atoms with Crippen LogP contribution >= 0.6 is 22.9 Å². The number of ether oxygens (including phenoxy) is 2. The molecule has 4 aromatic rings. The Hall–Kier alpha value is -2.90. The zero-order valence-electron chi connectivity index (χ0n) is 13.9. The molecule has 0 aliphatic carbocycles. The number of hydrogen-bond donors (Lipinski definition) is 0. The second kappa shape index (κ2) is 7.77. The molecule has 2 aromatic heterocycles. The van der Waals surface area contributed by atoms with E-state index in [9.17, 15) is 4.79 Å². The second-order valence-corrected chi connectivity index (χ2v) is 6.88. The van der Waals surface area contributed by atoms with Crippen LogP contribution in [0.1, 0.15) is 5.89 Å². The van der Waals surface area contributed by atoms with Crippen LogP contribution in [0.4, 0.5) is 0 Å². The molecule has 27 heavy (non-hydrogen) atoms. The highest BCUT2D eigenvalue weighted by Crippen LogP contribution is 2.31. The van der Waals surface area contributed by atoms with Crippen LogP contribution in [-0.4, -0.2) is 22.7 Å². The van der Waals surface area contributed by atoms with Gasteiger partial charge in [0, 0.05) is 15.8 Å². The summed E-state index contributed by atoms with van der Waals surface area (Å²) < 4.78 is 15.8. The van der Waals surface area contributed by atoms with Crippen LogP contribution in [0.2, 0.25) is 5.02 Å². The highest BCUT2D eigenvalue weighted by atomic mass is 35.5. The van der Waals surface area contributed by atoms with Gasteiger partial charge in [-0.3, -0.25) is 0 Å². The third-order valence-corrected chi connectivity index (χ3v) is 4.94. The zero-order chi connectivity index (χ0) is 18.6. The van der Waals surface area contributed by atoms with Crippen LogP contribution in [0.3, 0.4) is 0 Å². The lowest BCUT2D eigenvalue weighted by molar-refractivity contribution is -0.148. The quantitative estimate of drug-likeness (QED) is 0.436. The second-order valence-electron chi connectivity index (χ2n) is 5.53. The van der Waals surface area contributed by atoms with Crippen LogP contribution in [0, 0.1) is 0 Å².